The zero-order valence-electron chi connectivity index (χ0n) is 31.0. The quantitative estimate of drug-likeness (QED) is 0.200. The lowest BCUT2D eigenvalue weighted by Crippen LogP contribution is -2.46. The van der Waals surface area contributed by atoms with Gasteiger partial charge in [0.1, 0.15) is 5.60 Å². The minimum atomic E-state index is -0.459. The van der Waals surface area contributed by atoms with Crippen LogP contribution in [-0.2, 0) is 17.8 Å². The van der Waals surface area contributed by atoms with Crippen molar-refractivity contribution >= 4 is 6.09 Å². The van der Waals surface area contributed by atoms with E-state index in [0.717, 1.165) is 45.2 Å². The Kier molecular flexibility index (Phi) is 17.3. The SMILES string of the molecule is CN(C)CCCCC1CCCN(Cc2ccccc2)C1.CN(C)CCN(CC1CCCN(Cc2ccccc2)C1)C(=O)OC(C)(C)C. The monoisotopic (exact) mass is 650 g/mol. The second-order valence-corrected chi connectivity index (χ2v) is 15.5. The van der Waals surface area contributed by atoms with Crippen LogP contribution >= 0.6 is 0 Å². The molecule has 2 saturated heterocycles. The second-order valence-electron chi connectivity index (χ2n) is 15.5. The Bertz CT molecular complexity index is 1100. The molecule has 7 heteroatoms. The lowest BCUT2D eigenvalue weighted by Gasteiger charge is -2.36. The van der Waals surface area contributed by atoms with Crippen molar-refractivity contribution < 1.29 is 9.53 Å². The lowest BCUT2D eigenvalue weighted by molar-refractivity contribution is 0.0174. The van der Waals surface area contributed by atoms with E-state index < -0.39 is 5.60 Å². The predicted octanol–water partition coefficient (Wildman–Crippen LogP) is 7.33. The zero-order valence-corrected chi connectivity index (χ0v) is 31.0. The van der Waals surface area contributed by atoms with Gasteiger partial charge in [-0.15, -0.1) is 0 Å². The lowest BCUT2D eigenvalue weighted by atomic mass is 9.92. The van der Waals surface area contributed by atoms with Crippen molar-refractivity contribution in [1.82, 2.24) is 24.5 Å². The third-order valence-electron chi connectivity index (χ3n) is 9.12. The van der Waals surface area contributed by atoms with E-state index in [1.807, 2.05) is 39.8 Å². The number of likely N-dealkylation sites (N-methyl/N-ethyl adjacent to an activating group) is 1. The Morgan fingerprint density at radius 1 is 0.723 bits per heavy atom. The molecule has 2 aromatic carbocycles. The molecule has 0 spiro atoms. The third kappa shape index (κ3) is 17.0. The molecule has 2 aliphatic heterocycles. The van der Waals surface area contributed by atoms with E-state index in [-0.39, 0.29) is 6.09 Å². The van der Waals surface area contributed by atoms with Crippen molar-refractivity contribution in [3.05, 3.63) is 71.8 Å². The van der Waals surface area contributed by atoms with E-state index in [1.54, 1.807) is 0 Å². The molecule has 264 valence electrons. The summed E-state index contributed by atoms with van der Waals surface area (Å²) in [6.07, 6.45) is 9.14. The van der Waals surface area contributed by atoms with Crippen LogP contribution in [0.1, 0.15) is 76.8 Å². The molecule has 2 heterocycles. The molecule has 1 amide bonds. The maximum absolute atomic E-state index is 12.7. The van der Waals surface area contributed by atoms with Crippen molar-refractivity contribution in [3.8, 4) is 0 Å². The average Bonchev–Trinajstić information content (AvgIpc) is 3.02. The fourth-order valence-corrected chi connectivity index (χ4v) is 6.73. The van der Waals surface area contributed by atoms with Gasteiger partial charge >= 0.3 is 6.09 Å². The number of benzene rings is 2. The van der Waals surface area contributed by atoms with Crippen molar-refractivity contribution in [2.45, 2.75) is 84.4 Å². The summed E-state index contributed by atoms with van der Waals surface area (Å²) in [6.45, 7) is 16.2. The van der Waals surface area contributed by atoms with Gasteiger partial charge in [-0.05, 0) is 130 Å². The standard InChI is InChI=1S/C22H37N3O2.C18H30N2/c1-22(2,3)27-21(26)25(15-14-23(4)5)18-20-12-9-13-24(17-20)16-19-10-7-6-8-11-19;1-19(2)13-7-6-11-18-12-8-14-20(16-18)15-17-9-4-3-5-10-17/h6-8,10-11,20H,9,12-18H2,1-5H3;3-5,9-10,18H,6-8,11-16H2,1-2H3. The maximum atomic E-state index is 12.7. The molecule has 2 aromatic rings. The maximum Gasteiger partial charge on any atom is 0.410 e. The number of rotatable bonds is 14. The van der Waals surface area contributed by atoms with Gasteiger partial charge in [0.05, 0.1) is 0 Å². The van der Waals surface area contributed by atoms with Gasteiger partial charge in [0.15, 0.2) is 0 Å². The highest BCUT2D eigenvalue weighted by Gasteiger charge is 2.27. The Morgan fingerprint density at radius 2 is 1.23 bits per heavy atom. The minimum Gasteiger partial charge on any atom is -0.444 e. The third-order valence-corrected chi connectivity index (χ3v) is 9.12. The van der Waals surface area contributed by atoms with Gasteiger partial charge < -0.3 is 19.4 Å². The highest BCUT2D eigenvalue weighted by atomic mass is 16.6. The molecule has 47 heavy (non-hydrogen) atoms. The van der Waals surface area contributed by atoms with Crippen LogP contribution in [0.5, 0.6) is 0 Å². The van der Waals surface area contributed by atoms with Crippen LogP contribution in [0.25, 0.3) is 0 Å². The zero-order chi connectivity index (χ0) is 34.1. The molecule has 0 radical (unpaired) electrons. The topological polar surface area (TPSA) is 42.5 Å². The summed E-state index contributed by atoms with van der Waals surface area (Å²) in [7, 11) is 8.41. The van der Waals surface area contributed by atoms with E-state index in [2.05, 4.69) is 94.4 Å². The molecule has 2 atom stereocenters. The van der Waals surface area contributed by atoms with Gasteiger partial charge in [0.25, 0.3) is 0 Å². The first-order valence-electron chi connectivity index (χ1n) is 18.3. The Morgan fingerprint density at radius 3 is 1.74 bits per heavy atom. The van der Waals surface area contributed by atoms with Crippen LogP contribution < -0.4 is 0 Å². The second kappa shape index (κ2) is 20.8. The Labute approximate surface area is 288 Å². The fraction of sp³-hybridized carbons (Fsp3) is 0.675. The number of likely N-dealkylation sites (tertiary alicyclic amines) is 2. The molecule has 0 bridgehead atoms. The van der Waals surface area contributed by atoms with Gasteiger partial charge in [0.2, 0.25) is 0 Å². The minimum absolute atomic E-state index is 0.190. The number of nitrogens with zero attached hydrogens (tertiary/aromatic N) is 5. The van der Waals surface area contributed by atoms with Gasteiger partial charge in [-0.1, -0.05) is 67.1 Å². The first kappa shape index (κ1) is 39.0. The molecular weight excluding hydrogens is 582 g/mol. The van der Waals surface area contributed by atoms with E-state index in [1.165, 1.54) is 75.7 Å². The van der Waals surface area contributed by atoms with Gasteiger partial charge in [-0.25, -0.2) is 4.79 Å². The summed E-state index contributed by atoms with van der Waals surface area (Å²) in [6, 6.07) is 21.5. The Balaban J connectivity index is 0.000000267. The van der Waals surface area contributed by atoms with Crippen LogP contribution in [0, 0.1) is 11.8 Å². The normalized spacial score (nSPS) is 19.3. The number of carbonyl (C=O) groups excluding carboxylic acids is 1. The summed E-state index contributed by atoms with van der Waals surface area (Å²) < 4.78 is 5.65. The van der Waals surface area contributed by atoms with Crippen LogP contribution in [0.4, 0.5) is 4.79 Å². The highest BCUT2D eigenvalue weighted by molar-refractivity contribution is 5.68. The molecule has 2 aliphatic rings. The number of carbonyl (C=O) groups is 1. The predicted molar refractivity (Wildman–Crippen MR) is 198 cm³/mol. The molecule has 2 unspecified atom stereocenters. The molecule has 4 rings (SSSR count). The number of hydrogen-bond acceptors (Lipinski definition) is 6. The van der Waals surface area contributed by atoms with Crippen molar-refractivity contribution in [3.63, 3.8) is 0 Å². The van der Waals surface area contributed by atoms with Crippen LogP contribution in [-0.4, -0.2) is 117 Å². The fourth-order valence-electron chi connectivity index (χ4n) is 6.73. The number of unbranched alkanes of at least 4 members (excludes halogenated alkanes) is 1. The largest absolute Gasteiger partial charge is 0.444 e. The van der Waals surface area contributed by atoms with Gasteiger partial charge in [-0.3, -0.25) is 9.80 Å². The summed E-state index contributed by atoms with van der Waals surface area (Å²) >= 11 is 0. The molecule has 0 saturated carbocycles. The van der Waals surface area contributed by atoms with Crippen LogP contribution in [0.3, 0.4) is 0 Å². The summed E-state index contributed by atoms with van der Waals surface area (Å²) in [5, 5.41) is 0. The first-order valence-corrected chi connectivity index (χ1v) is 18.3. The first-order chi connectivity index (χ1) is 22.5. The Hall–Kier alpha value is -2.45. The number of amides is 1. The molecular formula is C40H67N5O2. The van der Waals surface area contributed by atoms with Crippen molar-refractivity contribution in [2.75, 3.05) is 80.5 Å². The summed E-state index contributed by atoms with van der Waals surface area (Å²) in [5.74, 6) is 1.42. The summed E-state index contributed by atoms with van der Waals surface area (Å²) in [5.41, 5.74) is 2.36. The van der Waals surface area contributed by atoms with Crippen molar-refractivity contribution in [1.29, 1.82) is 0 Å². The number of ether oxygens (including phenoxy) is 1. The molecule has 7 nitrogen and oxygen atoms in total. The summed E-state index contributed by atoms with van der Waals surface area (Å²) in [4.78, 5) is 24.2. The number of hydrogen-bond donors (Lipinski definition) is 0. The van der Waals surface area contributed by atoms with Gasteiger partial charge in [0, 0.05) is 45.8 Å². The molecule has 0 aromatic heterocycles. The molecule has 0 N–H and O–H groups in total. The van der Waals surface area contributed by atoms with E-state index in [4.69, 9.17) is 4.74 Å². The van der Waals surface area contributed by atoms with E-state index in [9.17, 15) is 4.79 Å². The average molecular weight is 650 g/mol. The van der Waals surface area contributed by atoms with E-state index in [0.29, 0.717) is 12.5 Å². The van der Waals surface area contributed by atoms with Crippen LogP contribution in [0.2, 0.25) is 0 Å². The molecule has 0 aliphatic carbocycles. The van der Waals surface area contributed by atoms with Crippen LogP contribution in [0.15, 0.2) is 60.7 Å². The van der Waals surface area contributed by atoms with Crippen molar-refractivity contribution in [2.24, 2.45) is 11.8 Å². The number of piperidine rings is 2. The highest BCUT2D eigenvalue weighted by Crippen LogP contribution is 2.23. The smallest absolute Gasteiger partial charge is 0.410 e. The molecule has 2 fully saturated rings. The van der Waals surface area contributed by atoms with Gasteiger partial charge in [-0.2, -0.15) is 0 Å². The van der Waals surface area contributed by atoms with E-state index >= 15 is 0 Å².